The van der Waals surface area contributed by atoms with E-state index in [9.17, 15) is 9.59 Å². The number of carbonyl (C=O) groups is 2. The molecule has 6 nitrogen and oxygen atoms in total. The summed E-state index contributed by atoms with van der Waals surface area (Å²) in [5, 5.41) is 0.527. The van der Waals surface area contributed by atoms with Gasteiger partial charge in [0.2, 0.25) is 0 Å². The minimum atomic E-state index is -0.723. The zero-order chi connectivity index (χ0) is 17.7. The summed E-state index contributed by atoms with van der Waals surface area (Å²) in [5.41, 5.74) is 0.505. The fourth-order valence-corrected chi connectivity index (χ4v) is 2.49. The Morgan fingerprint density at radius 1 is 1.29 bits per heavy atom. The van der Waals surface area contributed by atoms with Crippen molar-refractivity contribution in [2.75, 3.05) is 24.7 Å². The minimum Gasteiger partial charge on any atom is -0.487 e. The summed E-state index contributed by atoms with van der Waals surface area (Å²) in [4.78, 5) is 26.0. The van der Waals surface area contributed by atoms with Crippen LogP contribution in [0.3, 0.4) is 0 Å². The summed E-state index contributed by atoms with van der Waals surface area (Å²) in [6, 6.07) is 5.19. The highest BCUT2D eigenvalue weighted by atomic mass is 35.5. The molecular weight excluding hydrogens is 334 g/mol. The third-order valence-corrected chi connectivity index (χ3v) is 3.52. The van der Waals surface area contributed by atoms with Gasteiger partial charge in [-0.25, -0.2) is 9.59 Å². The second-order valence-electron chi connectivity index (χ2n) is 5.18. The first-order chi connectivity index (χ1) is 11.5. The number of halogens is 1. The van der Waals surface area contributed by atoms with Gasteiger partial charge in [0, 0.05) is 11.2 Å². The van der Waals surface area contributed by atoms with E-state index >= 15 is 0 Å². The van der Waals surface area contributed by atoms with Crippen molar-refractivity contribution in [2.24, 2.45) is 0 Å². The summed E-state index contributed by atoms with van der Waals surface area (Å²) in [6.45, 7) is 6.02. The van der Waals surface area contributed by atoms with E-state index in [2.05, 4.69) is 0 Å². The Hall–Kier alpha value is -2.21. The van der Waals surface area contributed by atoms with Crippen LogP contribution in [0.15, 0.2) is 30.0 Å². The summed E-state index contributed by atoms with van der Waals surface area (Å²) < 4.78 is 15.7. The van der Waals surface area contributed by atoms with Gasteiger partial charge in [0.15, 0.2) is 5.57 Å². The number of fused-ring (bicyclic) bond motifs is 1. The molecule has 1 aliphatic heterocycles. The fraction of sp³-hybridized carbons (Fsp3) is 0.412. The second kappa shape index (κ2) is 8.06. The van der Waals surface area contributed by atoms with Gasteiger partial charge < -0.3 is 19.1 Å². The molecule has 0 aromatic heterocycles. The van der Waals surface area contributed by atoms with Crippen LogP contribution in [0, 0.1) is 0 Å². The molecule has 7 heteroatoms. The topological polar surface area (TPSA) is 65.1 Å². The summed E-state index contributed by atoms with van der Waals surface area (Å²) in [5.74, 6) is -0.821. The largest absolute Gasteiger partial charge is 0.487 e. The van der Waals surface area contributed by atoms with E-state index in [1.807, 2.05) is 6.92 Å². The zero-order valence-corrected chi connectivity index (χ0v) is 14.6. The second-order valence-corrected chi connectivity index (χ2v) is 5.61. The molecule has 0 saturated heterocycles. The lowest BCUT2D eigenvalue weighted by atomic mass is 10.2. The molecule has 1 aliphatic rings. The maximum Gasteiger partial charge on any atom is 0.347 e. The van der Waals surface area contributed by atoms with E-state index in [0.717, 1.165) is 0 Å². The Morgan fingerprint density at radius 2 is 1.92 bits per heavy atom. The lowest BCUT2D eigenvalue weighted by Crippen LogP contribution is -2.36. The van der Waals surface area contributed by atoms with Crippen molar-refractivity contribution in [2.45, 2.75) is 26.9 Å². The molecule has 1 aromatic rings. The Bertz CT molecular complexity index is 638. The first-order valence-corrected chi connectivity index (χ1v) is 8.13. The molecule has 0 N–H and O–H groups in total. The monoisotopic (exact) mass is 353 g/mol. The van der Waals surface area contributed by atoms with Crippen LogP contribution in [0.2, 0.25) is 5.02 Å². The molecule has 1 unspecified atom stereocenters. The summed E-state index contributed by atoms with van der Waals surface area (Å²) in [6.07, 6.45) is 1.31. The van der Waals surface area contributed by atoms with Crippen molar-refractivity contribution in [3.63, 3.8) is 0 Å². The van der Waals surface area contributed by atoms with Gasteiger partial charge in [-0.1, -0.05) is 11.6 Å². The van der Waals surface area contributed by atoms with Crippen LogP contribution >= 0.6 is 11.6 Å². The van der Waals surface area contributed by atoms with Crippen molar-refractivity contribution in [1.29, 1.82) is 0 Å². The third-order valence-electron chi connectivity index (χ3n) is 3.29. The third kappa shape index (κ3) is 4.20. The minimum absolute atomic E-state index is 0.124. The normalized spacial score (nSPS) is 15.8. The molecule has 0 amide bonds. The van der Waals surface area contributed by atoms with Gasteiger partial charge in [0.1, 0.15) is 11.9 Å². The van der Waals surface area contributed by atoms with Crippen molar-refractivity contribution in [3.05, 3.63) is 35.0 Å². The molecule has 2 rings (SSSR count). The highest BCUT2D eigenvalue weighted by Gasteiger charge is 2.27. The smallest absolute Gasteiger partial charge is 0.347 e. The average Bonchev–Trinajstić information content (AvgIpc) is 2.53. The summed E-state index contributed by atoms with van der Waals surface area (Å²) in [7, 11) is 0. The van der Waals surface area contributed by atoms with E-state index in [1.165, 1.54) is 6.20 Å². The Kier molecular flexibility index (Phi) is 6.09. The maximum atomic E-state index is 12.1. The molecule has 0 spiro atoms. The molecule has 0 fully saturated rings. The average molecular weight is 354 g/mol. The van der Waals surface area contributed by atoms with Crippen LogP contribution in [0.4, 0.5) is 5.69 Å². The first kappa shape index (κ1) is 18.1. The Labute approximate surface area is 145 Å². The van der Waals surface area contributed by atoms with E-state index in [-0.39, 0.29) is 24.9 Å². The van der Waals surface area contributed by atoms with Crippen molar-refractivity contribution in [1.82, 2.24) is 0 Å². The van der Waals surface area contributed by atoms with Crippen LogP contribution < -0.4 is 9.64 Å². The van der Waals surface area contributed by atoms with E-state index < -0.39 is 11.9 Å². The van der Waals surface area contributed by atoms with Gasteiger partial charge in [-0.3, -0.25) is 0 Å². The lowest BCUT2D eigenvalue weighted by molar-refractivity contribution is -0.146. The molecule has 0 radical (unpaired) electrons. The van der Waals surface area contributed by atoms with Crippen LogP contribution in [-0.4, -0.2) is 37.8 Å². The van der Waals surface area contributed by atoms with Gasteiger partial charge in [0.25, 0.3) is 0 Å². The van der Waals surface area contributed by atoms with Crippen LogP contribution in [0.1, 0.15) is 20.8 Å². The number of ether oxygens (including phenoxy) is 3. The molecular formula is C17H20ClNO5. The van der Waals surface area contributed by atoms with Crippen LogP contribution in [0.25, 0.3) is 0 Å². The number of hydrogen-bond acceptors (Lipinski definition) is 6. The fourth-order valence-electron chi connectivity index (χ4n) is 2.33. The quantitative estimate of drug-likeness (QED) is 0.351. The molecule has 1 heterocycles. The number of nitrogens with zero attached hydrogens (tertiary/aromatic N) is 1. The van der Waals surface area contributed by atoms with E-state index in [0.29, 0.717) is 23.0 Å². The van der Waals surface area contributed by atoms with Crippen LogP contribution in [-0.2, 0) is 19.1 Å². The highest BCUT2D eigenvalue weighted by Crippen LogP contribution is 2.36. The highest BCUT2D eigenvalue weighted by molar-refractivity contribution is 6.31. The van der Waals surface area contributed by atoms with Gasteiger partial charge in [-0.2, -0.15) is 0 Å². The Balaban J connectivity index is 2.42. The van der Waals surface area contributed by atoms with Crippen LogP contribution in [0.5, 0.6) is 5.75 Å². The number of carbonyl (C=O) groups excluding carboxylic acids is 2. The number of rotatable bonds is 5. The van der Waals surface area contributed by atoms with Crippen molar-refractivity contribution >= 4 is 29.2 Å². The van der Waals surface area contributed by atoms with E-state index in [1.54, 1.807) is 36.9 Å². The number of benzene rings is 1. The predicted octanol–water partition coefficient (Wildman–Crippen LogP) is 2.94. The molecule has 130 valence electrons. The molecule has 1 atom stereocenters. The standard InChI is InChI=1S/C17H20ClNO5/c1-4-22-16(20)13(17(21)23-5-2)10-19-9-11(3)24-15-7-6-12(18)8-14(15)19/h6-8,10-11H,4-5,9H2,1-3H3. The van der Waals surface area contributed by atoms with E-state index in [4.69, 9.17) is 25.8 Å². The maximum absolute atomic E-state index is 12.1. The molecule has 24 heavy (non-hydrogen) atoms. The van der Waals surface area contributed by atoms with Gasteiger partial charge in [-0.15, -0.1) is 0 Å². The number of esters is 2. The summed E-state index contributed by atoms with van der Waals surface area (Å²) >= 11 is 6.05. The van der Waals surface area contributed by atoms with Gasteiger partial charge in [0.05, 0.1) is 25.4 Å². The van der Waals surface area contributed by atoms with Gasteiger partial charge >= 0.3 is 11.9 Å². The van der Waals surface area contributed by atoms with Crippen molar-refractivity contribution in [3.8, 4) is 5.75 Å². The molecule has 0 bridgehead atoms. The van der Waals surface area contributed by atoms with Crippen molar-refractivity contribution < 1.29 is 23.8 Å². The molecule has 0 saturated carbocycles. The Morgan fingerprint density at radius 3 is 2.50 bits per heavy atom. The first-order valence-electron chi connectivity index (χ1n) is 7.75. The number of hydrogen-bond donors (Lipinski definition) is 0. The molecule has 1 aromatic carbocycles. The molecule has 0 aliphatic carbocycles. The lowest BCUT2D eigenvalue weighted by Gasteiger charge is -2.33. The van der Waals surface area contributed by atoms with Gasteiger partial charge in [-0.05, 0) is 39.0 Å². The SMILES string of the molecule is CCOC(=O)C(=CN1CC(C)Oc2ccc(Cl)cc21)C(=O)OCC. The zero-order valence-electron chi connectivity index (χ0n) is 13.9. The predicted molar refractivity (Wildman–Crippen MR) is 90.2 cm³/mol. The number of anilines is 1.